The standard InChI is InChI=1S/C13H16FNO2/c1-9-7-17-8-12(15-9)6-13(16)10-3-2-4-11(14)5-10/h2-5,9,12,15H,6-8H2,1H3. The maximum atomic E-state index is 13.0. The normalized spacial score (nSPS) is 24.6. The molecule has 1 aliphatic heterocycles. The van der Waals surface area contributed by atoms with E-state index in [0.29, 0.717) is 25.2 Å². The van der Waals surface area contributed by atoms with Crippen molar-refractivity contribution in [1.29, 1.82) is 0 Å². The van der Waals surface area contributed by atoms with Gasteiger partial charge in [-0.05, 0) is 19.1 Å². The fourth-order valence-electron chi connectivity index (χ4n) is 2.01. The molecule has 2 atom stereocenters. The molecule has 1 aromatic carbocycles. The van der Waals surface area contributed by atoms with Gasteiger partial charge >= 0.3 is 0 Å². The van der Waals surface area contributed by atoms with Gasteiger partial charge in [0.25, 0.3) is 0 Å². The molecule has 17 heavy (non-hydrogen) atoms. The third kappa shape index (κ3) is 3.35. The van der Waals surface area contributed by atoms with E-state index in [9.17, 15) is 9.18 Å². The lowest BCUT2D eigenvalue weighted by Crippen LogP contribution is -2.48. The molecular formula is C13H16FNO2. The highest BCUT2D eigenvalue weighted by Gasteiger charge is 2.21. The van der Waals surface area contributed by atoms with Crippen molar-refractivity contribution >= 4 is 5.78 Å². The van der Waals surface area contributed by atoms with E-state index in [2.05, 4.69) is 5.32 Å². The Morgan fingerprint density at radius 2 is 2.35 bits per heavy atom. The van der Waals surface area contributed by atoms with Crippen molar-refractivity contribution in [2.24, 2.45) is 0 Å². The Hall–Kier alpha value is -1.26. The van der Waals surface area contributed by atoms with Gasteiger partial charge in [-0.15, -0.1) is 0 Å². The van der Waals surface area contributed by atoms with Crippen molar-refractivity contribution in [2.45, 2.75) is 25.4 Å². The number of nitrogens with one attached hydrogen (secondary N) is 1. The van der Waals surface area contributed by atoms with Crippen LogP contribution in [0.15, 0.2) is 24.3 Å². The summed E-state index contributed by atoms with van der Waals surface area (Å²) in [6, 6.07) is 6.08. The van der Waals surface area contributed by atoms with Crippen LogP contribution in [0, 0.1) is 5.82 Å². The quantitative estimate of drug-likeness (QED) is 0.814. The van der Waals surface area contributed by atoms with E-state index < -0.39 is 0 Å². The predicted octanol–water partition coefficient (Wildman–Crippen LogP) is 1.78. The first-order valence-corrected chi connectivity index (χ1v) is 5.77. The summed E-state index contributed by atoms with van der Waals surface area (Å²) >= 11 is 0. The number of halogens is 1. The van der Waals surface area contributed by atoms with Crippen molar-refractivity contribution in [1.82, 2.24) is 5.32 Å². The third-order valence-corrected chi connectivity index (χ3v) is 2.79. The molecule has 1 N–H and O–H groups in total. The number of benzene rings is 1. The zero-order valence-corrected chi connectivity index (χ0v) is 9.78. The molecule has 1 fully saturated rings. The van der Waals surface area contributed by atoms with Gasteiger partial charge in [-0.1, -0.05) is 12.1 Å². The smallest absolute Gasteiger partial charge is 0.164 e. The maximum absolute atomic E-state index is 13.0. The van der Waals surface area contributed by atoms with Crippen molar-refractivity contribution in [3.05, 3.63) is 35.6 Å². The van der Waals surface area contributed by atoms with Crippen LogP contribution in [0.2, 0.25) is 0 Å². The second-order valence-electron chi connectivity index (χ2n) is 4.44. The zero-order chi connectivity index (χ0) is 12.3. The van der Waals surface area contributed by atoms with Gasteiger partial charge < -0.3 is 10.1 Å². The lowest BCUT2D eigenvalue weighted by molar-refractivity contribution is 0.0463. The Bertz CT molecular complexity index is 408. The minimum Gasteiger partial charge on any atom is -0.378 e. The second-order valence-corrected chi connectivity index (χ2v) is 4.44. The van der Waals surface area contributed by atoms with Gasteiger partial charge in [-0.2, -0.15) is 0 Å². The first-order valence-electron chi connectivity index (χ1n) is 5.77. The Labute approximate surface area is 100.0 Å². The number of hydrogen-bond acceptors (Lipinski definition) is 3. The Morgan fingerprint density at radius 1 is 1.53 bits per heavy atom. The lowest BCUT2D eigenvalue weighted by atomic mass is 10.0. The van der Waals surface area contributed by atoms with Crippen LogP contribution in [0.25, 0.3) is 0 Å². The number of hydrogen-bond donors (Lipinski definition) is 1. The summed E-state index contributed by atoms with van der Waals surface area (Å²) < 4.78 is 18.3. The number of Topliss-reactive ketones (excluding diaryl/α,β-unsaturated/α-hetero) is 1. The maximum Gasteiger partial charge on any atom is 0.164 e. The minimum atomic E-state index is -0.378. The highest BCUT2D eigenvalue weighted by atomic mass is 19.1. The van der Waals surface area contributed by atoms with Gasteiger partial charge in [0, 0.05) is 24.1 Å². The highest BCUT2D eigenvalue weighted by Crippen LogP contribution is 2.10. The van der Waals surface area contributed by atoms with E-state index in [1.165, 1.54) is 12.1 Å². The highest BCUT2D eigenvalue weighted by molar-refractivity contribution is 5.96. The topological polar surface area (TPSA) is 38.3 Å². The molecule has 0 aliphatic carbocycles. The number of carbonyl (C=O) groups is 1. The van der Waals surface area contributed by atoms with Crippen LogP contribution in [0.5, 0.6) is 0 Å². The monoisotopic (exact) mass is 237 g/mol. The summed E-state index contributed by atoms with van der Waals surface area (Å²) in [4.78, 5) is 11.9. The second kappa shape index (κ2) is 5.38. The van der Waals surface area contributed by atoms with E-state index in [1.807, 2.05) is 6.92 Å². The molecule has 0 saturated carbocycles. The molecule has 4 heteroatoms. The molecule has 3 nitrogen and oxygen atoms in total. The molecule has 0 bridgehead atoms. The number of morpholine rings is 1. The molecule has 1 heterocycles. The van der Waals surface area contributed by atoms with E-state index in [0.717, 1.165) is 0 Å². The number of carbonyl (C=O) groups excluding carboxylic acids is 1. The van der Waals surface area contributed by atoms with Gasteiger partial charge in [0.05, 0.1) is 13.2 Å². The number of rotatable bonds is 3. The van der Waals surface area contributed by atoms with Crippen LogP contribution in [0.4, 0.5) is 4.39 Å². The van der Waals surface area contributed by atoms with Gasteiger partial charge in [-0.25, -0.2) is 4.39 Å². The summed E-state index contributed by atoms with van der Waals surface area (Å²) in [5.41, 5.74) is 0.421. The third-order valence-electron chi connectivity index (χ3n) is 2.79. The van der Waals surface area contributed by atoms with E-state index >= 15 is 0 Å². The molecular weight excluding hydrogens is 221 g/mol. The largest absolute Gasteiger partial charge is 0.378 e. The van der Waals surface area contributed by atoms with Crippen LogP contribution in [0.1, 0.15) is 23.7 Å². The minimum absolute atomic E-state index is 0.0227. The van der Waals surface area contributed by atoms with Crippen LogP contribution in [0.3, 0.4) is 0 Å². The Morgan fingerprint density at radius 3 is 3.06 bits per heavy atom. The zero-order valence-electron chi connectivity index (χ0n) is 9.78. The first kappa shape index (κ1) is 12.2. The van der Waals surface area contributed by atoms with E-state index in [4.69, 9.17) is 4.74 Å². The molecule has 2 rings (SSSR count). The van der Waals surface area contributed by atoms with Crippen LogP contribution in [-0.2, 0) is 4.74 Å². The molecule has 1 aliphatic rings. The van der Waals surface area contributed by atoms with E-state index in [-0.39, 0.29) is 23.7 Å². The molecule has 1 saturated heterocycles. The summed E-state index contributed by atoms with van der Waals surface area (Å²) in [7, 11) is 0. The first-order chi connectivity index (χ1) is 8.15. The lowest BCUT2D eigenvalue weighted by Gasteiger charge is -2.28. The van der Waals surface area contributed by atoms with Crippen molar-refractivity contribution < 1.29 is 13.9 Å². The van der Waals surface area contributed by atoms with Gasteiger partial charge in [0.2, 0.25) is 0 Å². The molecule has 0 spiro atoms. The van der Waals surface area contributed by atoms with Crippen LogP contribution < -0.4 is 5.32 Å². The molecule has 1 aromatic rings. The van der Waals surface area contributed by atoms with Crippen molar-refractivity contribution in [2.75, 3.05) is 13.2 Å². The predicted molar refractivity (Wildman–Crippen MR) is 62.6 cm³/mol. The molecule has 0 radical (unpaired) electrons. The number of ketones is 1. The Kier molecular flexibility index (Phi) is 3.86. The van der Waals surface area contributed by atoms with Gasteiger partial charge in [0.1, 0.15) is 5.82 Å². The number of ether oxygens (including phenoxy) is 1. The Balaban J connectivity index is 1.97. The summed E-state index contributed by atoms with van der Waals surface area (Å²) in [5, 5.41) is 3.29. The van der Waals surface area contributed by atoms with Crippen LogP contribution in [-0.4, -0.2) is 31.1 Å². The fourth-order valence-corrected chi connectivity index (χ4v) is 2.01. The average molecular weight is 237 g/mol. The fraction of sp³-hybridized carbons (Fsp3) is 0.462. The van der Waals surface area contributed by atoms with E-state index in [1.54, 1.807) is 12.1 Å². The van der Waals surface area contributed by atoms with Crippen molar-refractivity contribution in [3.8, 4) is 0 Å². The molecule has 92 valence electrons. The molecule has 2 unspecified atom stereocenters. The van der Waals surface area contributed by atoms with Crippen LogP contribution >= 0.6 is 0 Å². The van der Waals surface area contributed by atoms with Gasteiger partial charge in [-0.3, -0.25) is 4.79 Å². The molecule has 0 aromatic heterocycles. The summed E-state index contributed by atoms with van der Waals surface area (Å²) in [6.07, 6.45) is 0.341. The SMILES string of the molecule is CC1COCC(CC(=O)c2cccc(F)c2)N1. The molecule has 0 amide bonds. The van der Waals surface area contributed by atoms with Crippen molar-refractivity contribution in [3.63, 3.8) is 0 Å². The summed E-state index contributed by atoms with van der Waals surface area (Å²) in [5.74, 6) is -0.434. The average Bonchev–Trinajstić information content (AvgIpc) is 2.29. The summed E-state index contributed by atoms with van der Waals surface area (Å²) in [6.45, 7) is 3.22. The van der Waals surface area contributed by atoms with Gasteiger partial charge in [0.15, 0.2) is 5.78 Å².